The second kappa shape index (κ2) is 7.90. The third-order valence-electron chi connectivity index (χ3n) is 3.65. The molecule has 1 heterocycles. The maximum absolute atomic E-state index is 12.1. The van der Waals surface area contributed by atoms with Crippen LogP contribution in [0, 0.1) is 0 Å². The molecule has 0 aliphatic carbocycles. The maximum atomic E-state index is 12.1. The normalized spacial score (nSPS) is 11.0. The predicted octanol–water partition coefficient (Wildman–Crippen LogP) is 1.16. The number of hydrogen-bond donors (Lipinski definition) is 3. The summed E-state index contributed by atoms with van der Waals surface area (Å²) in [5, 5.41) is 2.62. The summed E-state index contributed by atoms with van der Waals surface area (Å²) in [7, 11) is 1.48. The number of esters is 1. The molecule has 0 saturated heterocycles. The average Bonchev–Trinajstić information content (AvgIpc) is 2.58. The van der Waals surface area contributed by atoms with Gasteiger partial charge in [-0.3, -0.25) is 14.6 Å². The molecule has 2 rings (SSSR count). The number of nitrogens with one attached hydrogen (secondary N) is 3. The molecule has 0 aliphatic heterocycles. The van der Waals surface area contributed by atoms with Crippen molar-refractivity contribution in [1.82, 2.24) is 9.97 Å². The lowest BCUT2D eigenvalue weighted by atomic mass is 9.87. The second-order valence-electron chi connectivity index (χ2n) is 6.79. The number of aromatic nitrogens is 2. The summed E-state index contributed by atoms with van der Waals surface area (Å²) < 4.78 is 10.1. The SMILES string of the molecule is COc1ccc(C(C)(C)C)cc1NC(=O)COC(=O)c1cc(=O)[nH]c(=O)[nH]1. The lowest BCUT2D eigenvalue weighted by molar-refractivity contribution is -0.119. The molecule has 0 radical (unpaired) electrons. The number of rotatable bonds is 5. The monoisotopic (exact) mass is 375 g/mol. The first-order chi connectivity index (χ1) is 12.6. The van der Waals surface area contributed by atoms with Gasteiger partial charge in [0, 0.05) is 6.07 Å². The lowest BCUT2D eigenvalue weighted by Gasteiger charge is -2.21. The van der Waals surface area contributed by atoms with Gasteiger partial charge in [-0.15, -0.1) is 0 Å². The molecule has 27 heavy (non-hydrogen) atoms. The molecule has 0 unspecified atom stereocenters. The summed E-state index contributed by atoms with van der Waals surface area (Å²) >= 11 is 0. The Balaban J connectivity index is 2.08. The smallest absolute Gasteiger partial charge is 0.355 e. The fourth-order valence-corrected chi connectivity index (χ4v) is 2.25. The Bertz CT molecular complexity index is 940. The molecule has 0 spiro atoms. The van der Waals surface area contributed by atoms with Crippen LogP contribution in [0.1, 0.15) is 36.8 Å². The molecule has 1 aromatic heterocycles. The number of benzene rings is 1. The van der Waals surface area contributed by atoms with Gasteiger partial charge in [-0.2, -0.15) is 0 Å². The van der Waals surface area contributed by atoms with E-state index in [0.717, 1.165) is 11.6 Å². The summed E-state index contributed by atoms with van der Waals surface area (Å²) in [6.45, 7) is 5.50. The van der Waals surface area contributed by atoms with Gasteiger partial charge < -0.3 is 19.8 Å². The molecule has 1 amide bonds. The summed E-state index contributed by atoms with van der Waals surface area (Å²) in [6.07, 6.45) is 0. The van der Waals surface area contributed by atoms with E-state index in [4.69, 9.17) is 9.47 Å². The molecule has 9 nitrogen and oxygen atoms in total. The molecule has 1 aromatic carbocycles. The highest BCUT2D eigenvalue weighted by Gasteiger charge is 2.18. The van der Waals surface area contributed by atoms with Crippen molar-refractivity contribution < 1.29 is 19.1 Å². The number of carbonyl (C=O) groups excluding carboxylic acids is 2. The van der Waals surface area contributed by atoms with Gasteiger partial charge >= 0.3 is 11.7 Å². The van der Waals surface area contributed by atoms with Crippen LogP contribution in [-0.4, -0.2) is 35.6 Å². The van der Waals surface area contributed by atoms with Crippen molar-refractivity contribution in [2.75, 3.05) is 19.0 Å². The zero-order valence-corrected chi connectivity index (χ0v) is 15.5. The summed E-state index contributed by atoms with van der Waals surface area (Å²) in [5.41, 5.74) is -0.651. The van der Waals surface area contributed by atoms with Gasteiger partial charge in [0.1, 0.15) is 11.4 Å². The Morgan fingerprint density at radius 3 is 2.41 bits per heavy atom. The molecular formula is C18H21N3O6. The van der Waals surface area contributed by atoms with Crippen molar-refractivity contribution >= 4 is 17.6 Å². The number of H-pyrrole nitrogens is 2. The lowest BCUT2D eigenvalue weighted by Crippen LogP contribution is -2.27. The molecule has 2 aromatic rings. The molecule has 0 aliphatic rings. The molecule has 0 atom stereocenters. The van der Waals surface area contributed by atoms with Crippen molar-refractivity contribution in [3.05, 3.63) is 56.4 Å². The Labute approximate surface area is 154 Å². The standard InChI is InChI=1S/C18H21N3O6/c1-18(2,3)10-5-6-13(26-4)11(7-10)19-15(23)9-27-16(24)12-8-14(22)21-17(25)20-12/h5-8H,9H2,1-4H3,(H,19,23)(H2,20,21,22,25). The van der Waals surface area contributed by atoms with E-state index in [1.54, 1.807) is 12.1 Å². The molecule has 0 fully saturated rings. The number of hydrogen-bond acceptors (Lipinski definition) is 6. The van der Waals surface area contributed by atoms with E-state index in [-0.39, 0.29) is 11.1 Å². The topological polar surface area (TPSA) is 130 Å². The minimum atomic E-state index is -0.997. The predicted molar refractivity (Wildman–Crippen MR) is 98.3 cm³/mol. The van der Waals surface area contributed by atoms with Crippen LogP contribution >= 0.6 is 0 Å². The highest BCUT2D eigenvalue weighted by molar-refractivity contribution is 5.95. The van der Waals surface area contributed by atoms with Gasteiger partial charge in [0.05, 0.1) is 12.8 Å². The van der Waals surface area contributed by atoms with Gasteiger partial charge in [0.25, 0.3) is 11.5 Å². The van der Waals surface area contributed by atoms with E-state index in [1.807, 2.05) is 31.8 Å². The first-order valence-corrected chi connectivity index (χ1v) is 8.09. The van der Waals surface area contributed by atoms with Gasteiger partial charge in [0.2, 0.25) is 0 Å². The number of ether oxygens (including phenoxy) is 2. The second-order valence-corrected chi connectivity index (χ2v) is 6.79. The zero-order chi connectivity index (χ0) is 20.2. The highest BCUT2D eigenvalue weighted by atomic mass is 16.5. The van der Waals surface area contributed by atoms with Crippen LogP contribution in [0.15, 0.2) is 33.9 Å². The zero-order valence-electron chi connectivity index (χ0n) is 15.5. The summed E-state index contributed by atoms with van der Waals surface area (Å²) in [4.78, 5) is 50.4. The quantitative estimate of drug-likeness (QED) is 0.673. The Hall–Kier alpha value is -3.36. The van der Waals surface area contributed by atoms with Gasteiger partial charge in [-0.05, 0) is 23.1 Å². The fraction of sp³-hybridized carbons (Fsp3) is 0.333. The minimum Gasteiger partial charge on any atom is -0.495 e. The van der Waals surface area contributed by atoms with Crippen LogP contribution in [0.2, 0.25) is 0 Å². The molecule has 9 heteroatoms. The van der Waals surface area contributed by atoms with Crippen molar-refractivity contribution in [3.63, 3.8) is 0 Å². The van der Waals surface area contributed by atoms with E-state index in [2.05, 4.69) is 10.3 Å². The molecule has 144 valence electrons. The van der Waals surface area contributed by atoms with E-state index in [0.29, 0.717) is 11.4 Å². The maximum Gasteiger partial charge on any atom is 0.355 e. The van der Waals surface area contributed by atoms with Crippen LogP contribution < -0.4 is 21.3 Å². The molecular weight excluding hydrogens is 354 g/mol. The van der Waals surface area contributed by atoms with Crippen molar-refractivity contribution in [2.24, 2.45) is 0 Å². The third-order valence-corrected chi connectivity index (χ3v) is 3.65. The minimum absolute atomic E-state index is 0.134. The van der Waals surface area contributed by atoms with E-state index in [9.17, 15) is 19.2 Å². The van der Waals surface area contributed by atoms with Crippen LogP contribution in [0.4, 0.5) is 5.69 Å². The van der Waals surface area contributed by atoms with Crippen LogP contribution in [0.5, 0.6) is 5.75 Å². The molecule has 0 bridgehead atoms. The van der Waals surface area contributed by atoms with Crippen LogP contribution in [0.25, 0.3) is 0 Å². The first kappa shape index (κ1) is 20.0. The van der Waals surface area contributed by atoms with E-state index >= 15 is 0 Å². The first-order valence-electron chi connectivity index (χ1n) is 8.09. The van der Waals surface area contributed by atoms with Crippen molar-refractivity contribution in [1.29, 1.82) is 0 Å². The van der Waals surface area contributed by atoms with E-state index < -0.39 is 29.7 Å². The third kappa shape index (κ3) is 5.30. The van der Waals surface area contributed by atoms with Gasteiger partial charge in [-0.1, -0.05) is 26.8 Å². The van der Waals surface area contributed by atoms with Gasteiger partial charge in [-0.25, -0.2) is 9.59 Å². The van der Waals surface area contributed by atoms with Crippen molar-refractivity contribution in [3.8, 4) is 5.75 Å². The van der Waals surface area contributed by atoms with Crippen LogP contribution in [0.3, 0.4) is 0 Å². The Morgan fingerprint density at radius 1 is 1.11 bits per heavy atom. The summed E-state index contributed by atoms with van der Waals surface area (Å²) in [5.74, 6) is -1.13. The van der Waals surface area contributed by atoms with E-state index in [1.165, 1.54) is 7.11 Å². The average molecular weight is 375 g/mol. The fourth-order valence-electron chi connectivity index (χ4n) is 2.25. The number of amides is 1. The molecule has 0 saturated carbocycles. The number of carbonyl (C=O) groups is 2. The Morgan fingerprint density at radius 2 is 1.81 bits per heavy atom. The number of aromatic amines is 2. The molecule has 3 N–H and O–H groups in total. The van der Waals surface area contributed by atoms with Gasteiger partial charge in [0.15, 0.2) is 6.61 Å². The van der Waals surface area contributed by atoms with Crippen molar-refractivity contribution in [2.45, 2.75) is 26.2 Å². The number of anilines is 1. The highest BCUT2D eigenvalue weighted by Crippen LogP contribution is 2.31. The largest absolute Gasteiger partial charge is 0.495 e. The summed E-state index contributed by atoms with van der Waals surface area (Å²) in [6, 6.07) is 6.30. The Kier molecular flexibility index (Phi) is 5.84. The van der Waals surface area contributed by atoms with Crippen LogP contribution in [-0.2, 0) is 14.9 Å². The number of methoxy groups -OCH3 is 1.